The molecule has 3 aromatic carbocycles. The number of carbonyl (C=O) groups is 1. The van der Waals surface area contributed by atoms with Crippen LogP contribution in [0.25, 0.3) is 22.0 Å². The summed E-state index contributed by atoms with van der Waals surface area (Å²) >= 11 is 0. The highest BCUT2D eigenvalue weighted by Gasteiger charge is 2.17. The molecule has 0 spiro atoms. The van der Waals surface area contributed by atoms with Crippen molar-refractivity contribution < 1.29 is 9.53 Å². The van der Waals surface area contributed by atoms with Crippen LogP contribution in [0, 0.1) is 0 Å². The molecule has 0 atom stereocenters. The van der Waals surface area contributed by atoms with Crippen molar-refractivity contribution in [3.8, 4) is 16.9 Å². The lowest BCUT2D eigenvalue weighted by Crippen LogP contribution is -2.20. The molecular formula is C34H34N6O2. The molecule has 6 rings (SSSR count). The van der Waals surface area contributed by atoms with Gasteiger partial charge < -0.3 is 20.3 Å². The normalized spacial score (nSPS) is 13.0. The highest BCUT2D eigenvalue weighted by atomic mass is 16.5. The first-order valence-corrected chi connectivity index (χ1v) is 14.4. The molecule has 0 unspecified atom stereocenters. The summed E-state index contributed by atoms with van der Waals surface area (Å²) in [7, 11) is 0. The third-order valence-corrected chi connectivity index (χ3v) is 7.21. The maximum Gasteiger partial charge on any atom is 0.255 e. The van der Waals surface area contributed by atoms with Gasteiger partial charge in [-0.15, -0.1) is 0 Å². The third kappa shape index (κ3) is 6.33. The first-order valence-electron chi connectivity index (χ1n) is 14.4. The van der Waals surface area contributed by atoms with Crippen LogP contribution < -0.4 is 20.3 Å². The van der Waals surface area contributed by atoms with Gasteiger partial charge in [0.1, 0.15) is 18.2 Å². The van der Waals surface area contributed by atoms with E-state index in [1.54, 1.807) is 12.3 Å². The topological polar surface area (TPSA) is 92.3 Å². The van der Waals surface area contributed by atoms with Gasteiger partial charge in [-0.05, 0) is 68.1 Å². The van der Waals surface area contributed by atoms with E-state index in [1.807, 2.05) is 79.0 Å². The number of fused-ring (bicyclic) bond motifs is 1. The standard InChI is InChI=1S/C34H34N6O2/c1-23(2)37-34-36-21-27-18-29(31(20-30(27)39-34)42-22-24-9-4-3-5-10-24)25-11-8-12-28(17-25)38-33(41)26-13-14-35-32(19-26)40-15-6-7-16-40/h3-5,8-14,17-21,23H,6-7,15-16,22H2,1-2H3,(H,38,41)(H,36,37,39). The maximum atomic E-state index is 13.2. The zero-order valence-electron chi connectivity index (χ0n) is 23.9. The minimum absolute atomic E-state index is 0.173. The number of benzene rings is 3. The van der Waals surface area contributed by atoms with E-state index in [1.165, 1.54) is 0 Å². The number of hydrogen-bond acceptors (Lipinski definition) is 7. The average molecular weight is 559 g/mol. The number of hydrogen-bond donors (Lipinski definition) is 2. The van der Waals surface area contributed by atoms with Gasteiger partial charge in [-0.1, -0.05) is 42.5 Å². The SMILES string of the molecule is CC(C)Nc1ncc2cc(-c3cccc(NC(=O)c4ccnc(N5CCCC5)c4)c3)c(OCc3ccccc3)cc2n1. The van der Waals surface area contributed by atoms with Crippen molar-refractivity contribution in [2.45, 2.75) is 39.3 Å². The molecule has 8 nitrogen and oxygen atoms in total. The van der Waals surface area contributed by atoms with Crippen LogP contribution in [0.15, 0.2) is 91.3 Å². The number of ether oxygens (including phenoxy) is 1. The van der Waals surface area contributed by atoms with Crippen molar-refractivity contribution >= 4 is 34.3 Å². The van der Waals surface area contributed by atoms with Crippen LogP contribution in [0.2, 0.25) is 0 Å². The molecular weight excluding hydrogens is 524 g/mol. The summed E-state index contributed by atoms with van der Waals surface area (Å²) in [5.41, 5.74) is 4.94. The Morgan fingerprint density at radius 2 is 1.79 bits per heavy atom. The molecule has 1 aliphatic rings. The number of aromatic nitrogens is 3. The summed E-state index contributed by atoms with van der Waals surface area (Å²) < 4.78 is 6.38. The molecule has 8 heteroatoms. The first kappa shape index (κ1) is 27.2. The van der Waals surface area contributed by atoms with Crippen LogP contribution in [0.3, 0.4) is 0 Å². The van der Waals surface area contributed by atoms with Crippen molar-refractivity contribution in [2.75, 3.05) is 28.6 Å². The number of carbonyl (C=O) groups excluding carboxylic acids is 1. The smallest absolute Gasteiger partial charge is 0.255 e. The predicted octanol–water partition coefficient (Wildman–Crippen LogP) is 6.94. The van der Waals surface area contributed by atoms with Gasteiger partial charge in [0.15, 0.2) is 0 Å². The van der Waals surface area contributed by atoms with Crippen LogP contribution in [-0.4, -0.2) is 40.0 Å². The molecule has 5 aromatic rings. The number of anilines is 3. The fourth-order valence-corrected chi connectivity index (χ4v) is 5.11. The van der Waals surface area contributed by atoms with E-state index >= 15 is 0 Å². The second-order valence-corrected chi connectivity index (χ2v) is 10.8. The van der Waals surface area contributed by atoms with E-state index in [0.29, 0.717) is 29.6 Å². The summed E-state index contributed by atoms with van der Waals surface area (Å²) in [6.07, 6.45) is 5.83. The summed E-state index contributed by atoms with van der Waals surface area (Å²) in [5, 5.41) is 7.23. The average Bonchev–Trinajstić information content (AvgIpc) is 3.55. The van der Waals surface area contributed by atoms with Crippen LogP contribution in [0.4, 0.5) is 17.5 Å². The summed E-state index contributed by atoms with van der Waals surface area (Å²) in [4.78, 5) is 29.2. The number of pyridine rings is 1. The van der Waals surface area contributed by atoms with Crippen LogP contribution in [0.1, 0.15) is 42.6 Å². The molecule has 1 amide bonds. The Morgan fingerprint density at radius 3 is 2.60 bits per heavy atom. The molecule has 0 bridgehead atoms. The Morgan fingerprint density at radius 1 is 0.952 bits per heavy atom. The summed E-state index contributed by atoms with van der Waals surface area (Å²) in [6, 6.07) is 25.7. The molecule has 2 N–H and O–H groups in total. The van der Waals surface area contributed by atoms with Crippen LogP contribution in [-0.2, 0) is 6.61 Å². The quantitative estimate of drug-likeness (QED) is 0.202. The van der Waals surface area contributed by atoms with Gasteiger partial charge in [-0.3, -0.25) is 4.79 Å². The van der Waals surface area contributed by atoms with E-state index in [0.717, 1.165) is 59.3 Å². The molecule has 212 valence electrons. The van der Waals surface area contributed by atoms with Gasteiger partial charge in [0.25, 0.3) is 5.91 Å². The Kier molecular flexibility index (Phi) is 7.94. The number of rotatable bonds is 9. The lowest BCUT2D eigenvalue weighted by atomic mass is 10.0. The maximum absolute atomic E-state index is 13.2. The Bertz CT molecular complexity index is 1700. The Labute approximate surface area is 245 Å². The fraction of sp³-hybridized carbons (Fsp3) is 0.235. The van der Waals surface area contributed by atoms with Crippen molar-refractivity contribution in [3.05, 3.63) is 102 Å². The van der Waals surface area contributed by atoms with E-state index in [2.05, 4.69) is 39.3 Å². The highest BCUT2D eigenvalue weighted by Crippen LogP contribution is 2.36. The lowest BCUT2D eigenvalue weighted by Gasteiger charge is -2.17. The van der Waals surface area contributed by atoms with E-state index in [4.69, 9.17) is 9.72 Å². The van der Waals surface area contributed by atoms with Gasteiger partial charge in [0.2, 0.25) is 5.95 Å². The number of nitrogens with zero attached hydrogens (tertiary/aromatic N) is 4. The van der Waals surface area contributed by atoms with Crippen LogP contribution in [0.5, 0.6) is 5.75 Å². The van der Waals surface area contributed by atoms with E-state index in [9.17, 15) is 4.79 Å². The van der Waals surface area contributed by atoms with Crippen molar-refractivity contribution in [1.29, 1.82) is 0 Å². The zero-order chi connectivity index (χ0) is 28.9. The van der Waals surface area contributed by atoms with E-state index in [-0.39, 0.29) is 11.9 Å². The van der Waals surface area contributed by atoms with E-state index < -0.39 is 0 Å². The molecule has 0 saturated carbocycles. The van der Waals surface area contributed by atoms with Crippen molar-refractivity contribution in [1.82, 2.24) is 15.0 Å². The molecule has 3 heterocycles. The Balaban J connectivity index is 1.30. The third-order valence-electron chi connectivity index (χ3n) is 7.21. The molecule has 1 aliphatic heterocycles. The molecule has 1 fully saturated rings. The highest BCUT2D eigenvalue weighted by molar-refractivity contribution is 6.05. The predicted molar refractivity (Wildman–Crippen MR) is 168 cm³/mol. The zero-order valence-corrected chi connectivity index (χ0v) is 23.9. The number of amides is 1. The molecule has 0 aliphatic carbocycles. The minimum Gasteiger partial charge on any atom is -0.488 e. The van der Waals surface area contributed by atoms with Gasteiger partial charge in [-0.25, -0.2) is 15.0 Å². The number of nitrogens with one attached hydrogen (secondary N) is 2. The second kappa shape index (κ2) is 12.3. The minimum atomic E-state index is -0.173. The van der Waals surface area contributed by atoms with Crippen LogP contribution >= 0.6 is 0 Å². The lowest BCUT2D eigenvalue weighted by molar-refractivity contribution is 0.102. The van der Waals surface area contributed by atoms with Crippen molar-refractivity contribution in [3.63, 3.8) is 0 Å². The summed E-state index contributed by atoms with van der Waals surface area (Å²) in [5.74, 6) is 1.95. The molecule has 42 heavy (non-hydrogen) atoms. The molecule has 0 radical (unpaired) electrons. The fourth-order valence-electron chi connectivity index (χ4n) is 5.11. The van der Waals surface area contributed by atoms with Gasteiger partial charge in [-0.2, -0.15) is 0 Å². The van der Waals surface area contributed by atoms with Crippen molar-refractivity contribution in [2.24, 2.45) is 0 Å². The second-order valence-electron chi connectivity index (χ2n) is 10.8. The first-order chi connectivity index (χ1) is 20.5. The van der Waals surface area contributed by atoms with Gasteiger partial charge in [0.05, 0.1) is 5.52 Å². The Hall–Kier alpha value is -4.98. The van der Waals surface area contributed by atoms with Gasteiger partial charge in [0, 0.05) is 59.8 Å². The van der Waals surface area contributed by atoms with Gasteiger partial charge >= 0.3 is 0 Å². The summed E-state index contributed by atoms with van der Waals surface area (Å²) in [6.45, 7) is 6.47. The molecule has 1 saturated heterocycles. The molecule has 2 aromatic heterocycles. The largest absolute Gasteiger partial charge is 0.488 e. The monoisotopic (exact) mass is 558 g/mol.